The Bertz CT molecular complexity index is 698. The van der Waals surface area contributed by atoms with Gasteiger partial charge in [-0.05, 0) is 61.4 Å². The van der Waals surface area contributed by atoms with Gasteiger partial charge in [0, 0.05) is 18.5 Å². The van der Waals surface area contributed by atoms with Crippen molar-refractivity contribution in [1.82, 2.24) is 4.90 Å². The van der Waals surface area contributed by atoms with E-state index >= 15 is 0 Å². The number of benzene rings is 2. The van der Waals surface area contributed by atoms with E-state index in [1.807, 2.05) is 12.1 Å². The molecular weight excluding hydrogens is 306 g/mol. The van der Waals surface area contributed by atoms with Crippen LogP contribution in [0.5, 0.6) is 5.75 Å². The number of phenols is 1. The molecule has 2 aromatic rings. The van der Waals surface area contributed by atoms with Gasteiger partial charge in [-0.2, -0.15) is 0 Å². The maximum absolute atomic E-state index is 9.98. The summed E-state index contributed by atoms with van der Waals surface area (Å²) in [6.07, 6.45) is 7.68. The number of aromatic hydroxyl groups is 1. The number of piperidine rings is 1. The zero-order valence-corrected chi connectivity index (χ0v) is 15.0. The standard InChI is InChI=1S/C23H29NO/c25-22-11-6-10-20(17-22)23-13-5-4-9-21(23)18-24(16-14-23)15-12-19-7-2-1-3-8-19/h1-3,6-8,10-11,17,21,25H,4-5,9,12-16,18H2/t21-,23-/m0/s1. The smallest absolute Gasteiger partial charge is 0.115 e. The van der Waals surface area contributed by atoms with Crippen LogP contribution in [0.4, 0.5) is 0 Å². The summed E-state index contributed by atoms with van der Waals surface area (Å²) in [6.45, 7) is 3.55. The van der Waals surface area contributed by atoms with Crippen LogP contribution in [0.1, 0.15) is 43.2 Å². The average Bonchev–Trinajstić information content (AvgIpc) is 2.67. The lowest BCUT2D eigenvalue weighted by molar-refractivity contribution is 0.0568. The van der Waals surface area contributed by atoms with E-state index in [2.05, 4.69) is 41.3 Å². The van der Waals surface area contributed by atoms with E-state index in [-0.39, 0.29) is 0 Å². The van der Waals surface area contributed by atoms with Gasteiger partial charge >= 0.3 is 0 Å². The summed E-state index contributed by atoms with van der Waals surface area (Å²) >= 11 is 0. The maximum Gasteiger partial charge on any atom is 0.115 e. The van der Waals surface area contributed by atoms with Crippen molar-refractivity contribution in [2.45, 2.75) is 43.9 Å². The van der Waals surface area contributed by atoms with E-state index in [4.69, 9.17) is 0 Å². The van der Waals surface area contributed by atoms with Crippen LogP contribution in [-0.4, -0.2) is 29.6 Å². The molecule has 25 heavy (non-hydrogen) atoms. The maximum atomic E-state index is 9.98. The van der Waals surface area contributed by atoms with Crippen molar-refractivity contribution < 1.29 is 5.11 Å². The first kappa shape index (κ1) is 16.7. The van der Waals surface area contributed by atoms with Gasteiger partial charge in [0.05, 0.1) is 0 Å². The summed E-state index contributed by atoms with van der Waals surface area (Å²) in [6, 6.07) is 18.9. The summed E-state index contributed by atoms with van der Waals surface area (Å²) in [4.78, 5) is 2.67. The van der Waals surface area contributed by atoms with Gasteiger partial charge in [0.25, 0.3) is 0 Å². The Morgan fingerprint density at radius 1 is 1.00 bits per heavy atom. The fourth-order valence-corrected chi connectivity index (χ4v) is 5.14. The first-order chi connectivity index (χ1) is 12.3. The topological polar surface area (TPSA) is 23.5 Å². The Morgan fingerprint density at radius 2 is 1.88 bits per heavy atom. The molecule has 132 valence electrons. The van der Waals surface area contributed by atoms with Gasteiger partial charge in [-0.3, -0.25) is 0 Å². The highest BCUT2D eigenvalue weighted by atomic mass is 16.3. The lowest BCUT2D eigenvalue weighted by Gasteiger charge is -2.51. The third kappa shape index (κ3) is 3.46. The normalized spacial score (nSPS) is 27.0. The molecule has 2 fully saturated rings. The van der Waals surface area contributed by atoms with E-state index in [1.54, 1.807) is 6.07 Å². The highest BCUT2D eigenvalue weighted by molar-refractivity contribution is 5.35. The van der Waals surface area contributed by atoms with Gasteiger partial charge in [0.15, 0.2) is 0 Å². The molecule has 0 amide bonds. The van der Waals surface area contributed by atoms with Crippen molar-refractivity contribution in [2.75, 3.05) is 19.6 Å². The molecule has 2 nitrogen and oxygen atoms in total. The summed E-state index contributed by atoms with van der Waals surface area (Å²) in [5.74, 6) is 1.15. The highest BCUT2D eigenvalue weighted by Crippen LogP contribution is 2.49. The summed E-state index contributed by atoms with van der Waals surface area (Å²) in [5, 5.41) is 9.98. The zero-order valence-electron chi connectivity index (χ0n) is 15.0. The molecular formula is C23H29NO. The molecule has 1 aliphatic heterocycles. The van der Waals surface area contributed by atoms with E-state index in [1.165, 1.54) is 56.3 Å². The van der Waals surface area contributed by atoms with Crippen LogP contribution in [0.25, 0.3) is 0 Å². The molecule has 4 rings (SSSR count). The monoisotopic (exact) mass is 335 g/mol. The average molecular weight is 335 g/mol. The number of nitrogens with zero attached hydrogens (tertiary/aromatic N) is 1. The van der Waals surface area contributed by atoms with Crippen molar-refractivity contribution in [1.29, 1.82) is 0 Å². The van der Waals surface area contributed by atoms with Crippen molar-refractivity contribution in [3.05, 3.63) is 65.7 Å². The van der Waals surface area contributed by atoms with E-state index < -0.39 is 0 Å². The van der Waals surface area contributed by atoms with Gasteiger partial charge in [-0.25, -0.2) is 0 Å². The van der Waals surface area contributed by atoms with Gasteiger partial charge < -0.3 is 10.0 Å². The van der Waals surface area contributed by atoms with Crippen LogP contribution in [0.15, 0.2) is 54.6 Å². The Kier molecular flexibility index (Phi) is 4.80. The lowest BCUT2D eigenvalue weighted by Crippen LogP contribution is -2.51. The molecule has 1 heterocycles. The molecule has 1 N–H and O–H groups in total. The minimum Gasteiger partial charge on any atom is -0.508 e. The zero-order chi connectivity index (χ0) is 17.1. The second-order valence-electron chi connectivity index (χ2n) is 7.94. The quantitative estimate of drug-likeness (QED) is 0.870. The Balaban J connectivity index is 1.48. The lowest BCUT2D eigenvalue weighted by atomic mass is 9.59. The van der Waals surface area contributed by atoms with Crippen molar-refractivity contribution in [2.24, 2.45) is 5.92 Å². The number of phenolic OH excluding ortho intramolecular Hbond substituents is 1. The summed E-state index contributed by atoms with van der Waals surface area (Å²) in [5.41, 5.74) is 3.11. The third-order valence-electron chi connectivity index (χ3n) is 6.54. The van der Waals surface area contributed by atoms with Crippen LogP contribution in [0.2, 0.25) is 0 Å². The fourth-order valence-electron chi connectivity index (χ4n) is 5.14. The Hall–Kier alpha value is -1.80. The number of fused-ring (bicyclic) bond motifs is 1. The first-order valence-electron chi connectivity index (χ1n) is 9.82. The minimum absolute atomic E-state index is 0.292. The second-order valence-corrected chi connectivity index (χ2v) is 7.94. The molecule has 0 unspecified atom stereocenters. The van der Waals surface area contributed by atoms with E-state index in [0.717, 1.165) is 18.9 Å². The molecule has 2 aromatic carbocycles. The molecule has 1 saturated heterocycles. The Morgan fingerprint density at radius 3 is 2.72 bits per heavy atom. The molecule has 2 heteroatoms. The molecule has 0 spiro atoms. The van der Waals surface area contributed by atoms with E-state index in [9.17, 15) is 5.11 Å². The van der Waals surface area contributed by atoms with Crippen molar-refractivity contribution in [3.63, 3.8) is 0 Å². The van der Waals surface area contributed by atoms with Crippen LogP contribution in [0, 0.1) is 5.92 Å². The molecule has 2 atom stereocenters. The van der Waals surface area contributed by atoms with Crippen molar-refractivity contribution >= 4 is 0 Å². The van der Waals surface area contributed by atoms with Crippen molar-refractivity contribution in [3.8, 4) is 5.75 Å². The van der Waals surface area contributed by atoms with Crippen LogP contribution < -0.4 is 0 Å². The first-order valence-corrected chi connectivity index (χ1v) is 9.82. The minimum atomic E-state index is 0.292. The predicted molar refractivity (Wildman–Crippen MR) is 103 cm³/mol. The molecule has 0 radical (unpaired) electrons. The number of rotatable bonds is 4. The predicted octanol–water partition coefficient (Wildman–Crippen LogP) is 4.77. The largest absolute Gasteiger partial charge is 0.508 e. The number of hydrogen-bond donors (Lipinski definition) is 1. The molecule has 2 aliphatic rings. The highest BCUT2D eigenvalue weighted by Gasteiger charge is 2.45. The fraction of sp³-hybridized carbons (Fsp3) is 0.478. The molecule has 1 saturated carbocycles. The second kappa shape index (κ2) is 7.21. The van der Waals surface area contributed by atoms with Gasteiger partial charge in [0.1, 0.15) is 5.75 Å². The Labute approximate surface area is 151 Å². The van der Waals surface area contributed by atoms with Gasteiger partial charge in [0.2, 0.25) is 0 Å². The van der Waals surface area contributed by atoms with Crippen LogP contribution in [0.3, 0.4) is 0 Å². The SMILES string of the molecule is Oc1cccc([C@@]23CCCC[C@H]2CN(CCc2ccccc2)CC3)c1. The number of likely N-dealkylation sites (tertiary alicyclic amines) is 1. The molecule has 0 aromatic heterocycles. The van der Waals surface area contributed by atoms with Crippen LogP contribution in [-0.2, 0) is 11.8 Å². The summed E-state index contributed by atoms with van der Waals surface area (Å²) in [7, 11) is 0. The third-order valence-corrected chi connectivity index (χ3v) is 6.54. The molecule has 0 bridgehead atoms. The van der Waals surface area contributed by atoms with E-state index in [0.29, 0.717) is 11.2 Å². The van der Waals surface area contributed by atoms with Gasteiger partial charge in [-0.1, -0.05) is 55.3 Å². The van der Waals surface area contributed by atoms with Crippen LogP contribution >= 0.6 is 0 Å². The summed E-state index contributed by atoms with van der Waals surface area (Å²) < 4.78 is 0. The molecule has 1 aliphatic carbocycles. The van der Waals surface area contributed by atoms with Gasteiger partial charge in [-0.15, -0.1) is 0 Å². The number of hydrogen-bond acceptors (Lipinski definition) is 2.